The molecule has 6 nitrogen and oxygen atoms in total. The number of carbonyl (C=O) groups excluding carboxylic acids is 1. The van der Waals surface area contributed by atoms with Crippen molar-refractivity contribution in [1.82, 2.24) is 9.62 Å². The van der Waals surface area contributed by atoms with Gasteiger partial charge in [-0.25, -0.2) is 17.9 Å². The first kappa shape index (κ1) is 16.3. The van der Waals surface area contributed by atoms with E-state index in [1.54, 1.807) is 11.0 Å². The van der Waals surface area contributed by atoms with Crippen LogP contribution in [0, 0.1) is 0 Å². The van der Waals surface area contributed by atoms with Gasteiger partial charge >= 0.3 is 6.09 Å². The Balaban J connectivity index is 2.05. The predicted molar refractivity (Wildman–Crippen MR) is 81.0 cm³/mol. The molecule has 0 aromatic carbocycles. The maximum atomic E-state index is 12.3. The highest BCUT2D eigenvalue weighted by molar-refractivity contribution is 7.91. The van der Waals surface area contributed by atoms with E-state index >= 15 is 0 Å². The van der Waals surface area contributed by atoms with E-state index in [2.05, 4.69) is 4.72 Å². The molecule has 2 heterocycles. The third-order valence-corrected chi connectivity index (χ3v) is 6.56. The predicted octanol–water partition coefficient (Wildman–Crippen LogP) is 1.82. The number of hydrogen-bond acceptors (Lipinski definition) is 5. The standard InChI is InChI=1S/C13H20N2O4S2/c1-4-10-5-6-11(20-10)21(17,18)14-9-13(2,3)15-7-8-19-12(15)16/h5-6,14H,4,7-9H2,1-3H3. The molecule has 0 unspecified atom stereocenters. The third kappa shape index (κ3) is 3.56. The van der Waals surface area contributed by atoms with Gasteiger partial charge in [0.15, 0.2) is 0 Å². The topological polar surface area (TPSA) is 75.7 Å². The molecule has 0 atom stereocenters. The van der Waals surface area contributed by atoms with Gasteiger partial charge in [0, 0.05) is 11.4 Å². The van der Waals surface area contributed by atoms with Crippen molar-refractivity contribution in [3.63, 3.8) is 0 Å². The summed E-state index contributed by atoms with van der Waals surface area (Å²) >= 11 is 1.27. The Morgan fingerprint density at radius 2 is 2.14 bits per heavy atom. The van der Waals surface area contributed by atoms with Gasteiger partial charge in [-0.15, -0.1) is 11.3 Å². The Bertz CT molecular complexity index is 622. The third-order valence-electron chi connectivity index (χ3n) is 3.44. The van der Waals surface area contributed by atoms with Crippen molar-refractivity contribution in [2.24, 2.45) is 0 Å². The Morgan fingerprint density at radius 3 is 2.67 bits per heavy atom. The van der Waals surface area contributed by atoms with Crippen LogP contribution in [0.25, 0.3) is 0 Å². The van der Waals surface area contributed by atoms with Crippen molar-refractivity contribution in [1.29, 1.82) is 0 Å². The maximum Gasteiger partial charge on any atom is 0.410 e. The van der Waals surface area contributed by atoms with E-state index < -0.39 is 21.7 Å². The van der Waals surface area contributed by atoms with Crippen LogP contribution in [0.2, 0.25) is 0 Å². The Labute approximate surface area is 129 Å². The minimum atomic E-state index is -3.54. The number of hydrogen-bond donors (Lipinski definition) is 1. The smallest absolute Gasteiger partial charge is 0.410 e. The van der Waals surface area contributed by atoms with Crippen molar-refractivity contribution in [3.8, 4) is 0 Å². The lowest BCUT2D eigenvalue weighted by Gasteiger charge is -2.33. The molecule has 1 aliphatic heterocycles. The van der Waals surface area contributed by atoms with Gasteiger partial charge in [-0.2, -0.15) is 0 Å². The van der Waals surface area contributed by atoms with Gasteiger partial charge < -0.3 is 4.74 Å². The second-order valence-electron chi connectivity index (χ2n) is 5.48. The quantitative estimate of drug-likeness (QED) is 0.862. The molecule has 1 saturated heterocycles. The van der Waals surface area contributed by atoms with Crippen LogP contribution in [0.3, 0.4) is 0 Å². The van der Waals surface area contributed by atoms with Crippen molar-refractivity contribution >= 4 is 27.5 Å². The summed E-state index contributed by atoms with van der Waals surface area (Å²) in [6.45, 7) is 6.58. The molecule has 1 aliphatic rings. The zero-order valence-corrected chi connectivity index (χ0v) is 14.0. The van der Waals surface area contributed by atoms with Gasteiger partial charge in [0.05, 0.1) is 12.1 Å². The first-order chi connectivity index (χ1) is 9.76. The van der Waals surface area contributed by atoms with E-state index in [1.165, 1.54) is 11.3 Å². The lowest BCUT2D eigenvalue weighted by atomic mass is 10.0. The van der Waals surface area contributed by atoms with E-state index in [4.69, 9.17) is 4.74 Å². The number of rotatable bonds is 6. The fourth-order valence-electron chi connectivity index (χ4n) is 2.07. The fraction of sp³-hybridized carbons (Fsp3) is 0.615. The average Bonchev–Trinajstić information content (AvgIpc) is 3.05. The van der Waals surface area contributed by atoms with Crippen molar-refractivity contribution < 1.29 is 17.9 Å². The molecule has 1 amide bonds. The van der Waals surface area contributed by atoms with E-state index in [9.17, 15) is 13.2 Å². The Hall–Kier alpha value is -1.12. The molecule has 0 radical (unpaired) electrons. The van der Waals surface area contributed by atoms with Crippen LogP contribution in [-0.4, -0.2) is 44.6 Å². The molecule has 0 saturated carbocycles. The normalized spacial score (nSPS) is 16.3. The number of aryl methyl sites for hydroxylation is 1. The summed E-state index contributed by atoms with van der Waals surface area (Å²) in [5.41, 5.74) is -0.633. The molecule has 0 aliphatic carbocycles. The molecule has 1 fully saturated rings. The molecule has 21 heavy (non-hydrogen) atoms. The molecule has 1 aromatic heterocycles. The molecule has 1 aromatic rings. The van der Waals surface area contributed by atoms with Gasteiger partial charge in [0.25, 0.3) is 0 Å². The lowest BCUT2D eigenvalue weighted by molar-refractivity contribution is 0.127. The molecular weight excluding hydrogens is 312 g/mol. The van der Waals surface area contributed by atoms with Crippen molar-refractivity contribution in [3.05, 3.63) is 17.0 Å². The zero-order chi connectivity index (χ0) is 15.7. The number of thiophene rings is 1. The highest BCUT2D eigenvalue weighted by atomic mass is 32.2. The number of sulfonamides is 1. The monoisotopic (exact) mass is 332 g/mol. The minimum Gasteiger partial charge on any atom is -0.448 e. The first-order valence-electron chi connectivity index (χ1n) is 6.79. The van der Waals surface area contributed by atoms with Gasteiger partial charge in [-0.05, 0) is 32.4 Å². The summed E-state index contributed by atoms with van der Waals surface area (Å²) < 4.78 is 32.3. The van der Waals surface area contributed by atoms with Crippen molar-refractivity contribution in [2.45, 2.75) is 36.9 Å². The summed E-state index contributed by atoms with van der Waals surface area (Å²) in [4.78, 5) is 14.2. The largest absolute Gasteiger partial charge is 0.448 e. The molecule has 118 valence electrons. The van der Waals surface area contributed by atoms with Crippen LogP contribution >= 0.6 is 11.3 Å². The van der Waals surface area contributed by atoms with Gasteiger partial charge in [0.1, 0.15) is 10.8 Å². The Kier molecular flexibility index (Phi) is 4.60. The molecule has 0 bridgehead atoms. The molecule has 2 rings (SSSR count). The van der Waals surface area contributed by atoms with Gasteiger partial charge in [0.2, 0.25) is 10.0 Å². The van der Waals surface area contributed by atoms with Crippen LogP contribution in [0.4, 0.5) is 4.79 Å². The number of ether oxygens (including phenoxy) is 1. The van der Waals surface area contributed by atoms with Crippen molar-refractivity contribution in [2.75, 3.05) is 19.7 Å². The second kappa shape index (κ2) is 5.94. The summed E-state index contributed by atoms with van der Waals surface area (Å²) in [5, 5.41) is 0. The zero-order valence-electron chi connectivity index (χ0n) is 12.4. The van der Waals surface area contributed by atoms with E-state index in [1.807, 2.05) is 26.8 Å². The summed E-state index contributed by atoms with van der Waals surface area (Å²) in [6.07, 6.45) is 0.411. The van der Waals surface area contributed by atoms with Crippen LogP contribution in [0.5, 0.6) is 0 Å². The average molecular weight is 332 g/mol. The summed E-state index contributed by atoms with van der Waals surface area (Å²) in [7, 11) is -3.54. The van der Waals surface area contributed by atoms with Gasteiger partial charge in [-0.1, -0.05) is 6.92 Å². The number of nitrogens with zero attached hydrogens (tertiary/aromatic N) is 1. The summed E-state index contributed by atoms with van der Waals surface area (Å²) in [6, 6.07) is 3.44. The number of carbonyl (C=O) groups is 1. The summed E-state index contributed by atoms with van der Waals surface area (Å²) in [5.74, 6) is 0. The molecular formula is C13H20N2O4S2. The molecule has 8 heteroatoms. The van der Waals surface area contributed by atoms with Gasteiger partial charge in [-0.3, -0.25) is 4.90 Å². The Morgan fingerprint density at radius 1 is 1.43 bits per heavy atom. The molecule has 1 N–H and O–H groups in total. The van der Waals surface area contributed by atoms with Crippen LogP contribution in [0.15, 0.2) is 16.3 Å². The minimum absolute atomic E-state index is 0.143. The first-order valence-corrected chi connectivity index (χ1v) is 9.09. The van der Waals surface area contributed by atoms with Crippen LogP contribution < -0.4 is 4.72 Å². The van der Waals surface area contributed by atoms with E-state index in [0.29, 0.717) is 17.4 Å². The SMILES string of the molecule is CCc1ccc(S(=O)(=O)NCC(C)(C)N2CCOC2=O)s1. The van der Waals surface area contributed by atoms with Crippen LogP contribution in [-0.2, 0) is 21.2 Å². The van der Waals surface area contributed by atoms with E-state index in [-0.39, 0.29) is 6.54 Å². The van der Waals surface area contributed by atoms with Crippen LogP contribution in [0.1, 0.15) is 25.6 Å². The maximum absolute atomic E-state index is 12.3. The lowest BCUT2D eigenvalue weighted by Crippen LogP contribution is -2.52. The number of cyclic esters (lactones) is 1. The highest BCUT2D eigenvalue weighted by Crippen LogP contribution is 2.23. The fourth-order valence-corrected chi connectivity index (χ4v) is 4.62. The number of amides is 1. The van der Waals surface area contributed by atoms with E-state index in [0.717, 1.165) is 11.3 Å². The number of nitrogens with one attached hydrogen (secondary N) is 1. The second-order valence-corrected chi connectivity index (χ2v) is 8.64. The highest BCUT2D eigenvalue weighted by Gasteiger charge is 2.36. The molecule has 0 spiro atoms.